The Kier molecular flexibility index (Phi) is 4.90. The molecule has 0 aromatic heterocycles. The highest BCUT2D eigenvalue weighted by Crippen LogP contribution is 2.36. The second-order valence-corrected chi connectivity index (χ2v) is 6.86. The number of benzene rings is 2. The Balaban J connectivity index is 2.36. The lowest BCUT2D eigenvalue weighted by Crippen LogP contribution is -1.93. The van der Waals surface area contributed by atoms with Gasteiger partial charge in [0.1, 0.15) is 0 Å². The van der Waals surface area contributed by atoms with E-state index in [4.69, 9.17) is 0 Å². The molecule has 1 atom stereocenters. The highest BCUT2D eigenvalue weighted by Gasteiger charge is 2.10. The molecule has 94 valence electrons. The van der Waals surface area contributed by atoms with Crippen LogP contribution in [-0.2, 0) is 0 Å². The Hall–Kier alpha value is -0.290. The molecule has 0 radical (unpaired) electrons. The molecule has 2 aromatic carbocycles. The summed E-state index contributed by atoms with van der Waals surface area (Å²) >= 11 is 8.59. The first-order valence-electron chi connectivity index (χ1n) is 5.47. The van der Waals surface area contributed by atoms with Crippen LogP contribution in [0, 0.1) is 0 Å². The molecule has 0 heterocycles. The summed E-state index contributed by atoms with van der Waals surface area (Å²) in [7, 11) is 0. The lowest BCUT2D eigenvalue weighted by Gasteiger charge is -2.12. The van der Waals surface area contributed by atoms with Gasteiger partial charge in [-0.15, -0.1) is 0 Å². The normalized spacial score (nSPS) is 12.4. The predicted octanol–water partition coefficient (Wildman–Crippen LogP) is 5.42. The number of aliphatic hydroxyl groups excluding tert-OH is 1. The zero-order chi connectivity index (χ0) is 13.1. The Morgan fingerprint density at radius 2 is 1.78 bits per heavy atom. The van der Waals surface area contributed by atoms with Gasteiger partial charge in [-0.2, -0.15) is 0 Å². The van der Waals surface area contributed by atoms with Crippen LogP contribution in [0.2, 0.25) is 0 Å². The van der Waals surface area contributed by atoms with Gasteiger partial charge in [-0.25, -0.2) is 0 Å². The van der Waals surface area contributed by atoms with Crippen LogP contribution in [0.5, 0.6) is 0 Å². The third-order valence-corrected chi connectivity index (χ3v) is 4.50. The molecule has 4 heteroatoms. The van der Waals surface area contributed by atoms with Crippen molar-refractivity contribution in [3.63, 3.8) is 0 Å². The van der Waals surface area contributed by atoms with E-state index in [1.165, 1.54) is 0 Å². The van der Waals surface area contributed by atoms with Crippen LogP contribution in [0.3, 0.4) is 0 Å². The molecule has 0 spiro atoms. The van der Waals surface area contributed by atoms with Crippen LogP contribution in [0.1, 0.15) is 18.6 Å². The Bertz CT molecular complexity index is 555. The largest absolute Gasteiger partial charge is 0.389 e. The maximum absolute atomic E-state index is 9.79. The first kappa shape index (κ1) is 14.1. The van der Waals surface area contributed by atoms with Crippen molar-refractivity contribution < 1.29 is 5.11 Å². The zero-order valence-corrected chi connectivity index (χ0v) is 13.7. The quantitative estimate of drug-likeness (QED) is 0.758. The summed E-state index contributed by atoms with van der Waals surface area (Å²) in [6.45, 7) is 1.79. The van der Waals surface area contributed by atoms with Crippen molar-refractivity contribution in [3.05, 3.63) is 57.0 Å². The van der Waals surface area contributed by atoms with Crippen molar-refractivity contribution in [3.8, 4) is 0 Å². The highest BCUT2D eigenvalue weighted by molar-refractivity contribution is 9.10. The molecule has 1 nitrogen and oxygen atoms in total. The molecule has 2 aromatic rings. The van der Waals surface area contributed by atoms with Crippen molar-refractivity contribution in [1.82, 2.24) is 0 Å². The van der Waals surface area contributed by atoms with Crippen LogP contribution >= 0.6 is 43.6 Å². The third kappa shape index (κ3) is 3.60. The summed E-state index contributed by atoms with van der Waals surface area (Å²) in [5, 5.41) is 9.79. The van der Waals surface area contributed by atoms with Crippen molar-refractivity contribution in [1.29, 1.82) is 0 Å². The lowest BCUT2D eigenvalue weighted by molar-refractivity contribution is 0.196. The molecule has 0 amide bonds. The molecule has 1 N–H and O–H groups in total. The van der Waals surface area contributed by atoms with Gasteiger partial charge in [-0.1, -0.05) is 55.8 Å². The van der Waals surface area contributed by atoms with Gasteiger partial charge in [0, 0.05) is 18.7 Å². The lowest BCUT2D eigenvalue weighted by atomic mass is 10.1. The second-order valence-electron chi connectivity index (χ2n) is 3.92. The van der Waals surface area contributed by atoms with E-state index < -0.39 is 6.10 Å². The van der Waals surface area contributed by atoms with Crippen LogP contribution in [-0.4, -0.2) is 5.11 Å². The number of aliphatic hydroxyl groups is 1. The standard InChI is InChI=1S/C14H12Br2OS/c1-9(17)13-6-5-11(16)8-14(13)18-12-4-2-3-10(15)7-12/h2-9,17H,1H3. The first-order valence-corrected chi connectivity index (χ1v) is 7.87. The van der Waals surface area contributed by atoms with Gasteiger partial charge in [0.05, 0.1) is 6.10 Å². The van der Waals surface area contributed by atoms with Gasteiger partial charge < -0.3 is 5.11 Å². The molecule has 0 aliphatic rings. The summed E-state index contributed by atoms with van der Waals surface area (Å²) in [5.74, 6) is 0. The summed E-state index contributed by atoms with van der Waals surface area (Å²) in [4.78, 5) is 2.21. The van der Waals surface area contributed by atoms with Gasteiger partial charge in [0.2, 0.25) is 0 Å². The molecular formula is C14H12Br2OS. The van der Waals surface area contributed by atoms with E-state index in [2.05, 4.69) is 44.0 Å². The molecule has 0 fully saturated rings. The summed E-state index contributed by atoms with van der Waals surface area (Å²) in [6, 6.07) is 14.1. The van der Waals surface area contributed by atoms with Gasteiger partial charge in [0.15, 0.2) is 0 Å². The molecule has 0 aliphatic heterocycles. The van der Waals surface area contributed by atoms with E-state index >= 15 is 0 Å². The molecule has 0 bridgehead atoms. The predicted molar refractivity (Wildman–Crippen MR) is 83.0 cm³/mol. The minimum Gasteiger partial charge on any atom is -0.389 e. The number of hydrogen-bond donors (Lipinski definition) is 1. The number of halogens is 2. The van der Waals surface area contributed by atoms with Gasteiger partial charge in [-0.05, 0) is 42.8 Å². The third-order valence-electron chi connectivity index (χ3n) is 2.45. The monoisotopic (exact) mass is 386 g/mol. The fraction of sp³-hybridized carbons (Fsp3) is 0.143. The molecular weight excluding hydrogens is 376 g/mol. The Morgan fingerprint density at radius 1 is 1.06 bits per heavy atom. The van der Waals surface area contributed by atoms with Gasteiger partial charge in [0.25, 0.3) is 0 Å². The van der Waals surface area contributed by atoms with E-state index in [1.54, 1.807) is 18.7 Å². The maximum Gasteiger partial charge on any atom is 0.0772 e. The van der Waals surface area contributed by atoms with E-state index in [1.807, 2.05) is 30.3 Å². The Morgan fingerprint density at radius 3 is 2.44 bits per heavy atom. The molecule has 0 saturated carbocycles. The SMILES string of the molecule is CC(O)c1ccc(Br)cc1Sc1cccc(Br)c1. The topological polar surface area (TPSA) is 20.2 Å². The van der Waals surface area contributed by atoms with E-state index in [0.717, 1.165) is 24.3 Å². The fourth-order valence-corrected chi connectivity index (χ4v) is 3.79. The van der Waals surface area contributed by atoms with Gasteiger partial charge >= 0.3 is 0 Å². The summed E-state index contributed by atoms with van der Waals surface area (Å²) in [6.07, 6.45) is -0.465. The second kappa shape index (κ2) is 6.24. The molecule has 0 saturated heterocycles. The Labute approximate surface area is 128 Å². The maximum atomic E-state index is 9.79. The van der Waals surface area contributed by atoms with Crippen LogP contribution in [0.25, 0.3) is 0 Å². The van der Waals surface area contributed by atoms with Crippen LogP contribution in [0.4, 0.5) is 0 Å². The van der Waals surface area contributed by atoms with E-state index in [0.29, 0.717) is 0 Å². The van der Waals surface area contributed by atoms with Gasteiger partial charge in [-0.3, -0.25) is 0 Å². The minimum absolute atomic E-state index is 0.465. The summed E-state index contributed by atoms with van der Waals surface area (Å²) in [5.41, 5.74) is 0.947. The highest BCUT2D eigenvalue weighted by atomic mass is 79.9. The average molecular weight is 388 g/mol. The van der Waals surface area contributed by atoms with Crippen molar-refractivity contribution >= 4 is 43.6 Å². The zero-order valence-electron chi connectivity index (χ0n) is 9.73. The summed E-state index contributed by atoms with van der Waals surface area (Å²) < 4.78 is 2.07. The van der Waals surface area contributed by atoms with Crippen LogP contribution in [0.15, 0.2) is 61.2 Å². The van der Waals surface area contributed by atoms with E-state index in [-0.39, 0.29) is 0 Å². The van der Waals surface area contributed by atoms with Crippen molar-refractivity contribution in [2.45, 2.75) is 22.8 Å². The van der Waals surface area contributed by atoms with Crippen molar-refractivity contribution in [2.24, 2.45) is 0 Å². The van der Waals surface area contributed by atoms with E-state index in [9.17, 15) is 5.11 Å². The number of rotatable bonds is 3. The number of hydrogen-bond acceptors (Lipinski definition) is 2. The molecule has 18 heavy (non-hydrogen) atoms. The van der Waals surface area contributed by atoms with Crippen LogP contribution < -0.4 is 0 Å². The first-order chi connectivity index (χ1) is 8.56. The smallest absolute Gasteiger partial charge is 0.0772 e. The minimum atomic E-state index is -0.465. The molecule has 1 unspecified atom stereocenters. The fourth-order valence-electron chi connectivity index (χ4n) is 1.60. The average Bonchev–Trinajstić information content (AvgIpc) is 2.28. The molecule has 2 rings (SSSR count). The van der Waals surface area contributed by atoms with Crippen molar-refractivity contribution in [2.75, 3.05) is 0 Å². The molecule has 0 aliphatic carbocycles.